The number of carbonyl (C=O) groups excluding carboxylic acids is 1. The van der Waals surface area contributed by atoms with Gasteiger partial charge in [-0.05, 0) is 50.3 Å². The van der Waals surface area contributed by atoms with Crippen LogP contribution in [0.4, 0.5) is 5.00 Å². The molecule has 2 aromatic heterocycles. The minimum absolute atomic E-state index is 0.184. The van der Waals surface area contributed by atoms with Gasteiger partial charge in [0.25, 0.3) is 5.91 Å². The predicted molar refractivity (Wildman–Crippen MR) is 100 cm³/mol. The van der Waals surface area contributed by atoms with Crippen LogP contribution in [0.5, 0.6) is 0 Å². The summed E-state index contributed by atoms with van der Waals surface area (Å²) in [6.07, 6.45) is 4.20. The maximum Gasteiger partial charge on any atom is 0.257 e. The molecule has 0 atom stereocenters. The van der Waals surface area contributed by atoms with Gasteiger partial charge >= 0.3 is 0 Å². The van der Waals surface area contributed by atoms with Crippen LogP contribution >= 0.6 is 11.3 Å². The summed E-state index contributed by atoms with van der Waals surface area (Å²) in [6.45, 7) is 1.88. The molecule has 1 amide bonds. The maximum absolute atomic E-state index is 12.9. The molecule has 25 heavy (non-hydrogen) atoms. The molecule has 0 radical (unpaired) electrons. The number of amides is 1. The lowest BCUT2D eigenvalue weighted by molar-refractivity contribution is 0.102. The van der Waals surface area contributed by atoms with Crippen LogP contribution in [0, 0.1) is 18.3 Å². The summed E-state index contributed by atoms with van der Waals surface area (Å²) in [5.74, 6) is -0.184. The highest BCUT2D eigenvalue weighted by Crippen LogP contribution is 2.38. The van der Waals surface area contributed by atoms with Crippen LogP contribution in [0.15, 0.2) is 30.3 Å². The molecule has 2 heterocycles. The zero-order chi connectivity index (χ0) is 17.4. The zero-order valence-corrected chi connectivity index (χ0v) is 14.7. The Morgan fingerprint density at radius 2 is 2.08 bits per heavy atom. The first-order valence-electron chi connectivity index (χ1n) is 8.40. The van der Waals surface area contributed by atoms with E-state index in [2.05, 4.69) is 16.4 Å². The molecule has 1 aliphatic rings. The second-order valence-corrected chi connectivity index (χ2v) is 7.41. The molecule has 124 valence electrons. The van der Waals surface area contributed by atoms with Gasteiger partial charge in [-0.2, -0.15) is 5.26 Å². The van der Waals surface area contributed by atoms with Gasteiger partial charge in [0.15, 0.2) is 0 Å². The van der Waals surface area contributed by atoms with E-state index in [4.69, 9.17) is 0 Å². The largest absolute Gasteiger partial charge is 0.312 e. The lowest BCUT2D eigenvalue weighted by Crippen LogP contribution is -2.13. The number of anilines is 1. The number of nitriles is 1. The van der Waals surface area contributed by atoms with Crippen molar-refractivity contribution < 1.29 is 4.79 Å². The van der Waals surface area contributed by atoms with E-state index in [1.807, 2.05) is 31.2 Å². The van der Waals surface area contributed by atoms with Crippen LogP contribution < -0.4 is 5.32 Å². The molecule has 0 aliphatic heterocycles. The van der Waals surface area contributed by atoms with E-state index in [-0.39, 0.29) is 5.91 Å². The maximum atomic E-state index is 12.9. The lowest BCUT2D eigenvalue weighted by Gasteiger charge is -2.09. The van der Waals surface area contributed by atoms with Crippen molar-refractivity contribution in [2.24, 2.45) is 0 Å². The van der Waals surface area contributed by atoms with Crippen molar-refractivity contribution >= 4 is 33.1 Å². The number of nitrogens with zero attached hydrogens (tertiary/aromatic N) is 2. The van der Waals surface area contributed by atoms with Crippen molar-refractivity contribution in [2.45, 2.75) is 32.6 Å². The number of nitrogens with one attached hydrogen (secondary N) is 1. The van der Waals surface area contributed by atoms with Gasteiger partial charge < -0.3 is 5.32 Å². The third-order valence-electron chi connectivity index (χ3n) is 4.60. The van der Waals surface area contributed by atoms with Crippen LogP contribution in [-0.4, -0.2) is 10.9 Å². The van der Waals surface area contributed by atoms with E-state index < -0.39 is 0 Å². The number of hydrogen-bond donors (Lipinski definition) is 1. The third-order valence-corrected chi connectivity index (χ3v) is 5.81. The number of benzene rings is 1. The average molecular weight is 347 g/mol. The van der Waals surface area contributed by atoms with E-state index in [0.717, 1.165) is 47.8 Å². The molecule has 1 aliphatic carbocycles. The number of fused-ring (bicyclic) bond motifs is 2. The summed E-state index contributed by atoms with van der Waals surface area (Å²) in [7, 11) is 0. The van der Waals surface area contributed by atoms with Gasteiger partial charge in [-0.1, -0.05) is 18.2 Å². The number of para-hydroxylation sites is 1. The highest BCUT2D eigenvalue weighted by atomic mass is 32.1. The van der Waals surface area contributed by atoms with E-state index >= 15 is 0 Å². The molecule has 0 bridgehead atoms. The van der Waals surface area contributed by atoms with Crippen LogP contribution in [-0.2, 0) is 12.8 Å². The van der Waals surface area contributed by atoms with Crippen molar-refractivity contribution in [1.82, 2.24) is 4.98 Å². The number of aromatic nitrogens is 1. The molecular weight excluding hydrogens is 330 g/mol. The van der Waals surface area contributed by atoms with Gasteiger partial charge in [-0.15, -0.1) is 11.3 Å². The van der Waals surface area contributed by atoms with Gasteiger partial charge in [0.1, 0.15) is 11.1 Å². The molecule has 4 rings (SSSR count). The number of carbonyl (C=O) groups is 1. The molecule has 1 N–H and O–H groups in total. The molecule has 0 unspecified atom stereocenters. The van der Waals surface area contributed by atoms with Crippen LogP contribution in [0.3, 0.4) is 0 Å². The topological polar surface area (TPSA) is 65.8 Å². The Kier molecular flexibility index (Phi) is 3.98. The standard InChI is InChI=1S/C20H17N3OS/c1-12-10-15(13-6-2-4-8-17(13)22-12)19(24)23-20-16(11-21)14-7-3-5-9-18(14)25-20/h2,4,6,8,10H,3,5,7,9H2,1H3,(H,23,24). The molecule has 0 spiro atoms. The SMILES string of the molecule is Cc1cc(C(=O)Nc2sc3c(c2C#N)CCCC3)c2ccccc2n1. The Hall–Kier alpha value is -2.71. The summed E-state index contributed by atoms with van der Waals surface area (Å²) >= 11 is 1.55. The molecule has 0 saturated carbocycles. The summed E-state index contributed by atoms with van der Waals surface area (Å²) in [5.41, 5.74) is 3.97. The smallest absolute Gasteiger partial charge is 0.257 e. The number of aryl methyl sites for hydroxylation is 2. The van der Waals surface area contributed by atoms with Gasteiger partial charge in [0, 0.05) is 16.0 Å². The second-order valence-electron chi connectivity index (χ2n) is 6.31. The molecule has 5 heteroatoms. The summed E-state index contributed by atoms with van der Waals surface area (Å²) < 4.78 is 0. The summed E-state index contributed by atoms with van der Waals surface area (Å²) in [4.78, 5) is 18.6. The first-order valence-corrected chi connectivity index (χ1v) is 9.21. The van der Waals surface area contributed by atoms with Gasteiger partial charge in [-0.25, -0.2) is 0 Å². The van der Waals surface area contributed by atoms with Crippen molar-refractivity contribution in [3.05, 3.63) is 57.6 Å². The van der Waals surface area contributed by atoms with Gasteiger partial charge in [-0.3, -0.25) is 9.78 Å². The van der Waals surface area contributed by atoms with E-state index in [9.17, 15) is 10.1 Å². The Labute approximate surface area is 150 Å². The van der Waals surface area contributed by atoms with Gasteiger partial charge in [0.2, 0.25) is 0 Å². The Morgan fingerprint density at radius 1 is 1.28 bits per heavy atom. The van der Waals surface area contributed by atoms with E-state index in [1.165, 1.54) is 4.88 Å². The first-order chi connectivity index (χ1) is 12.2. The van der Waals surface area contributed by atoms with Crippen LogP contribution in [0.2, 0.25) is 0 Å². The zero-order valence-electron chi connectivity index (χ0n) is 13.9. The normalized spacial score (nSPS) is 13.3. The van der Waals surface area contributed by atoms with Crippen molar-refractivity contribution in [3.63, 3.8) is 0 Å². The second kappa shape index (κ2) is 6.30. The average Bonchev–Trinajstić information content (AvgIpc) is 2.97. The summed E-state index contributed by atoms with van der Waals surface area (Å²) in [6, 6.07) is 11.7. The number of thiophene rings is 1. The predicted octanol–water partition coefficient (Wildman–Crippen LogP) is 4.61. The first kappa shape index (κ1) is 15.8. The van der Waals surface area contributed by atoms with Crippen molar-refractivity contribution in [2.75, 3.05) is 5.32 Å². The molecule has 0 fully saturated rings. The van der Waals surface area contributed by atoms with E-state index in [1.54, 1.807) is 17.4 Å². The molecule has 3 aromatic rings. The highest BCUT2D eigenvalue weighted by Gasteiger charge is 2.22. The molecule has 1 aromatic carbocycles. The number of pyridine rings is 1. The molecular formula is C20H17N3OS. The highest BCUT2D eigenvalue weighted by molar-refractivity contribution is 7.16. The van der Waals surface area contributed by atoms with Crippen molar-refractivity contribution in [1.29, 1.82) is 5.26 Å². The Morgan fingerprint density at radius 3 is 2.92 bits per heavy atom. The fraction of sp³-hybridized carbons (Fsp3) is 0.250. The molecule has 4 nitrogen and oxygen atoms in total. The van der Waals surface area contributed by atoms with Crippen molar-refractivity contribution in [3.8, 4) is 6.07 Å². The third kappa shape index (κ3) is 2.79. The van der Waals surface area contributed by atoms with Crippen LogP contribution in [0.1, 0.15) is 44.9 Å². The minimum Gasteiger partial charge on any atom is -0.312 e. The fourth-order valence-electron chi connectivity index (χ4n) is 3.44. The molecule has 0 saturated heterocycles. The van der Waals surface area contributed by atoms with Crippen LogP contribution in [0.25, 0.3) is 10.9 Å². The lowest BCUT2D eigenvalue weighted by atomic mass is 9.96. The number of hydrogen-bond acceptors (Lipinski definition) is 4. The number of rotatable bonds is 2. The van der Waals surface area contributed by atoms with E-state index in [0.29, 0.717) is 16.1 Å². The quantitative estimate of drug-likeness (QED) is 0.736. The Balaban J connectivity index is 1.75. The Bertz CT molecular complexity index is 1030. The minimum atomic E-state index is -0.184. The summed E-state index contributed by atoms with van der Waals surface area (Å²) in [5, 5.41) is 14.0. The fourth-order valence-corrected chi connectivity index (χ4v) is 4.67. The van der Waals surface area contributed by atoms with Gasteiger partial charge in [0.05, 0.1) is 16.6 Å². The monoisotopic (exact) mass is 347 g/mol.